The maximum absolute atomic E-state index is 13.5. The van der Waals surface area contributed by atoms with E-state index >= 15 is 0 Å². The summed E-state index contributed by atoms with van der Waals surface area (Å²) in [5.41, 5.74) is -0.979. The van der Waals surface area contributed by atoms with Crippen molar-refractivity contribution in [2.45, 2.75) is 6.18 Å². The molecule has 31 heavy (non-hydrogen) atoms. The Hall–Kier alpha value is -3.47. The molecule has 0 spiro atoms. The fourth-order valence-corrected chi connectivity index (χ4v) is 3.32. The van der Waals surface area contributed by atoms with E-state index in [2.05, 4.69) is 10.1 Å². The number of carbonyl (C=O) groups is 3. The maximum Gasteiger partial charge on any atom is 0.420 e. The van der Waals surface area contributed by atoms with Crippen LogP contribution in [-0.2, 0) is 15.7 Å². The van der Waals surface area contributed by atoms with Gasteiger partial charge >= 0.3 is 12.1 Å². The van der Waals surface area contributed by atoms with E-state index in [0.29, 0.717) is 11.6 Å². The lowest BCUT2D eigenvalue weighted by molar-refractivity contribution is -0.138. The van der Waals surface area contributed by atoms with Gasteiger partial charge in [0.05, 0.1) is 30.3 Å². The molecule has 2 aromatic carbocycles. The zero-order valence-electron chi connectivity index (χ0n) is 16.0. The smallest absolute Gasteiger partial charge is 0.420 e. The van der Waals surface area contributed by atoms with E-state index in [1.54, 1.807) is 0 Å². The van der Waals surface area contributed by atoms with E-state index in [1.807, 2.05) is 0 Å². The number of rotatable bonds is 5. The summed E-state index contributed by atoms with van der Waals surface area (Å²) in [6.45, 7) is 0. The van der Waals surface area contributed by atoms with Gasteiger partial charge in [-0.2, -0.15) is 13.2 Å². The van der Waals surface area contributed by atoms with Gasteiger partial charge in [-0.1, -0.05) is 6.07 Å². The van der Waals surface area contributed by atoms with Crippen molar-refractivity contribution in [3.05, 3.63) is 58.0 Å². The molecule has 1 heterocycles. The molecule has 7 nitrogen and oxygen atoms in total. The van der Waals surface area contributed by atoms with Crippen molar-refractivity contribution in [1.29, 1.82) is 0 Å². The van der Waals surface area contributed by atoms with Crippen molar-refractivity contribution in [2.24, 2.45) is 0 Å². The van der Waals surface area contributed by atoms with Crippen molar-refractivity contribution in [3.8, 4) is 17.2 Å². The number of halogens is 3. The summed E-state index contributed by atoms with van der Waals surface area (Å²) in [7, 11) is 2.36. The number of imide groups is 1. The molecule has 0 radical (unpaired) electrons. The van der Waals surface area contributed by atoms with Gasteiger partial charge in [0.2, 0.25) is 0 Å². The highest BCUT2D eigenvalue weighted by Crippen LogP contribution is 2.41. The number of methoxy groups -OCH3 is 2. The van der Waals surface area contributed by atoms with Gasteiger partial charge in [0, 0.05) is 0 Å². The van der Waals surface area contributed by atoms with Crippen LogP contribution in [0.15, 0.2) is 41.3 Å². The van der Waals surface area contributed by atoms with Gasteiger partial charge in [-0.05, 0) is 53.7 Å². The highest BCUT2D eigenvalue weighted by molar-refractivity contribution is 8.18. The lowest BCUT2D eigenvalue weighted by Crippen LogP contribution is -2.17. The molecule has 1 N–H and O–H groups in total. The Morgan fingerprint density at radius 1 is 1.03 bits per heavy atom. The molecule has 0 unspecified atom stereocenters. The molecule has 1 aliphatic heterocycles. The predicted octanol–water partition coefficient (Wildman–Crippen LogP) is 4.62. The average molecular weight is 453 g/mol. The molecular weight excluding hydrogens is 439 g/mol. The number of esters is 1. The van der Waals surface area contributed by atoms with Crippen molar-refractivity contribution < 1.29 is 41.8 Å². The minimum absolute atomic E-state index is 0.0272. The first-order valence-electron chi connectivity index (χ1n) is 8.52. The Morgan fingerprint density at radius 2 is 1.74 bits per heavy atom. The van der Waals surface area contributed by atoms with E-state index in [1.165, 1.54) is 31.4 Å². The minimum atomic E-state index is -4.80. The van der Waals surface area contributed by atoms with Crippen molar-refractivity contribution in [2.75, 3.05) is 14.2 Å². The maximum atomic E-state index is 13.5. The van der Waals surface area contributed by atoms with Gasteiger partial charge in [-0.3, -0.25) is 14.9 Å². The highest BCUT2D eigenvalue weighted by Gasteiger charge is 2.36. The van der Waals surface area contributed by atoms with Gasteiger partial charge in [0.15, 0.2) is 11.5 Å². The molecule has 1 aliphatic rings. The molecule has 0 bridgehead atoms. The first-order valence-corrected chi connectivity index (χ1v) is 9.34. The highest BCUT2D eigenvalue weighted by atomic mass is 32.2. The summed E-state index contributed by atoms with van der Waals surface area (Å²) in [5.74, 6) is -1.94. The number of benzene rings is 2. The Balaban J connectivity index is 1.95. The van der Waals surface area contributed by atoms with Crippen LogP contribution in [0.4, 0.5) is 18.0 Å². The fourth-order valence-electron chi connectivity index (χ4n) is 2.63. The second-order valence-electron chi connectivity index (χ2n) is 6.06. The van der Waals surface area contributed by atoms with Crippen LogP contribution in [-0.4, -0.2) is 31.3 Å². The Morgan fingerprint density at radius 3 is 2.32 bits per heavy atom. The Bertz CT molecular complexity index is 1100. The summed E-state index contributed by atoms with van der Waals surface area (Å²) in [4.78, 5) is 34.7. The number of nitrogens with one attached hydrogen (secondary N) is 1. The van der Waals surface area contributed by atoms with E-state index in [-0.39, 0.29) is 22.0 Å². The van der Waals surface area contributed by atoms with Crippen molar-refractivity contribution in [3.63, 3.8) is 0 Å². The monoisotopic (exact) mass is 453 g/mol. The number of amides is 2. The third-order valence-corrected chi connectivity index (χ3v) is 4.86. The molecule has 1 fully saturated rings. The van der Waals surface area contributed by atoms with Gasteiger partial charge in [0.1, 0.15) is 5.75 Å². The molecular formula is C20H14F3NO6S. The van der Waals surface area contributed by atoms with Crippen LogP contribution in [0.1, 0.15) is 21.5 Å². The fraction of sp³-hybridized carbons (Fsp3) is 0.150. The zero-order valence-corrected chi connectivity index (χ0v) is 16.8. The first kappa shape index (κ1) is 22.2. The summed E-state index contributed by atoms with van der Waals surface area (Å²) in [6.07, 6.45) is -3.36. The second-order valence-corrected chi connectivity index (χ2v) is 7.08. The molecule has 0 atom stereocenters. The van der Waals surface area contributed by atoms with Crippen molar-refractivity contribution >= 4 is 35.0 Å². The number of alkyl halides is 3. The van der Waals surface area contributed by atoms with E-state index in [0.717, 1.165) is 31.0 Å². The Labute approximate surface area is 178 Å². The molecule has 0 aliphatic carbocycles. The summed E-state index contributed by atoms with van der Waals surface area (Å²) >= 11 is 0.726. The van der Waals surface area contributed by atoms with E-state index < -0.39 is 34.6 Å². The van der Waals surface area contributed by atoms with Crippen LogP contribution >= 0.6 is 11.8 Å². The molecule has 0 aromatic heterocycles. The summed E-state index contributed by atoms with van der Waals surface area (Å²) < 4.78 is 55.6. The topological polar surface area (TPSA) is 90.9 Å². The van der Waals surface area contributed by atoms with Gasteiger partial charge in [0.25, 0.3) is 11.1 Å². The number of carbonyl (C=O) groups excluding carboxylic acids is 3. The first-order chi connectivity index (χ1) is 14.6. The normalized spacial score (nSPS) is 15.1. The van der Waals surface area contributed by atoms with Crippen LogP contribution < -0.4 is 14.8 Å². The number of hydrogen-bond acceptors (Lipinski definition) is 7. The van der Waals surface area contributed by atoms with Crippen LogP contribution in [0.25, 0.3) is 6.08 Å². The number of hydrogen-bond donors (Lipinski definition) is 1. The van der Waals surface area contributed by atoms with Gasteiger partial charge in [-0.25, -0.2) is 4.79 Å². The van der Waals surface area contributed by atoms with Gasteiger partial charge < -0.3 is 14.2 Å². The van der Waals surface area contributed by atoms with E-state index in [9.17, 15) is 27.6 Å². The molecule has 3 rings (SSSR count). The molecule has 11 heteroatoms. The quantitative estimate of drug-likeness (QED) is 0.522. The van der Waals surface area contributed by atoms with E-state index in [4.69, 9.17) is 9.47 Å². The third kappa shape index (κ3) is 5.00. The lowest BCUT2D eigenvalue weighted by atomic mass is 10.1. The second kappa shape index (κ2) is 8.72. The van der Waals surface area contributed by atoms with Crippen LogP contribution in [0.3, 0.4) is 0 Å². The van der Waals surface area contributed by atoms with Crippen LogP contribution in [0.2, 0.25) is 0 Å². The van der Waals surface area contributed by atoms with Crippen LogP contribution in [0, 0.1) is 0 Å². The molecule has 162 valence electrons. The largest absolute Gasteiger partial charge is 0.493 e. The summed E-state index contributed by atoms with van der Waals surface area (Å²) in [6, 6.07) is 7.08. The lowest BCUT2D eigenvalue weighted by Gasteiger charge is -2.16. The molecule has 2 amide bonds. The van der Waals surface area contributed by atoms with Gasteiger partial charge in [-0.15, -0.1) is 0 Å². The summed E-state index contributed by atoms with van der Waals surface area (Å²) in [5, 5.41) is 1.62. The number of thioether (sulfide) groups is 1. The van der Waals surface area contributed by atoms with Crippen molar-refractivity contribution in [1.82, 2.24) is 5.32 Å². The molecule has 2 aromatic rings. The molecule has 1 saturated heterocycles. The zero-order chi connectivity index (χ0) is 22.8. The average Bonchev–Trinajstić information content (AvgIpc) is 3.04. The van der Waals surface area contributed by atoms with Crippen LogP contribution in [0.5, 0.6) is 17.2 Å². The number of ether oxygens (including phenoxy) is 3. The SMILES string of the molecule is COC(=O)c1ccc(Oc2ccc(/C=C3\SC(=O)NC3=O)cc2OC)c(C(F)(F)F)c1. The standard InChI is InChI=1S/C20H14F3NO6S/c1-28-15-7-10(8-16-17(25)24-19(27)31-16)3-5-14(15)30-13-6-4-11(18(26)29-2)9-12(13)20(21,22)23/h3-9H,1-2H3,(H,24,25,27)/b16-8-. The minimum Gasteiger partial charge on any atom is -0.493 e. The molecule has 0 saturated carbocycles. The predicted molar refractivity (Wildman–Crippen MR) is 105 cm³/mol. The third-order valence-electron chi connectivity index (χ3n) is 4.05. The Kier molecular flexibility index (Phi) is 6.25.